The van der Waals surface area contributed by atoms with E-state index in [1.54, 1.807) is 6.21 Å². The lowest BCUT2D eigenvalue weighted by Gasteiger charge is -2.09. The molecule has 150 valence electrons. The van der Waals surface area contributed by atoms with Crippen molar-refractivity contribution in [1.82, 2.24) is 10.4 Å². The number of para-hydroxylation sites is 1. The Labute approximate surface area is 178 Å². The van der Waals surface area contributed by atoms with Crippen molar-refractivity contribution in [2.24, 2.45) is 5.10 Å². The summed E-state index contributed by atoms with van der Waals surface area (Å²) in [5, 5.41) is 4.60. The number of carbonyl (C=O) groups excluding carboxylic acids is 1. The van der Waals surface area contributed by atoms with Gasteiger partial charge in [-0.1, -0.05) is 59.9 Å². The molecule has 1 aromatic heterocycles. The topological polar surface area (TPSA) is 89.6 Å². The molecule has 3 aromatic carbocycles. The highest BCUT2D eigenvalue weighted by Gasteiger charge is 2.07. The molecule has 0 aliphatic carbocycles. The van der Waals surface area contributed by atoms with Crippen LogP contribution in [-0.4, -0.2) is 17.1 Å². The second kappa shape index (κ2) is 9.19. The van der Waals surface area contributed by atoms with Gasteiger partial charge in [0, 0.05) is 5.56 Å². The number of fused-ring (bicyclic) bond motifs is 1. The molecule has 0 unspecified atom stereocenters. The molecule has 0 saturated carbocycles. The zero-order valence-corrected chi connectivity index (χ0v) is 16.9. The maximum Gasteiger partial charge on any atom is 0.244 e. The Morgan fingerprint density at radius 3 is 2.73 bits per heavy atom. The van der Waals surface area contributed by atoms with Gasteiger partial charge in [-0.2, -0.15) is 5.10 Å². The Hall–Kier alpha value is -3.71. The van der Waals surface area contributed by atoms with Gasteiger partial charge in [-0.05, 0) is 35.4 Å². The Balaban J connectivity index is 1.35. The number of nitrogens with zero attached hydrogens (tertiary/aromatic N) is 2. The molecule has 1 heterocycles. The molecule has 0 bridgehead atoms. The van der Waals surface area contributed by atoms with Crippen LogP contribution in [0.3, 0.4) is 0 Å². The maximum absolute atomic E-state index is 12.2. The number of anilines is 1. The summed E-state index contributed by atoms with van der Waals surface area (Å²) in [6, 6.07) is 23.2. The third kappa shape index (κ3) is 5.01. The predicted molar refractivity (Wildman–Crippen MR) is 121 cm³/mol. The normalized spacial score (nSPS) is 11.1. The number of benzene rings is 3. The zero-order valence-electron chi connectivity index (χ0n) is 16.1. The molecule has 0 spiro atoms. The summed E-state index contributed by atoms with van der Waals surface area (Å²) in [5.41, 5.74) is 11.9. The summed E-state index contributed by atoms with van der Waals surface area (Å²) in [4.78, 5) is 16.5. The number of rotatable bonds is 7. The van der Waals surface area contributed by atoms with E-state index in [0.717, 1.165) is 26.9 Å². The van der Waals surface area contributed by atoms with E-state index < -0.39 is 0 Å². The molecule has 6 nitrogen and oxygen atoms in total. The van der Waals surface area contributed by atoms with E-state index >= 15 is 0 Å². The van der Waals surface area contributed by atoms with Crippen molar-refractivity contribution in [1.29, 1.82) is 0 Å². The molecular formula is C23H20N4O2S. The summed E-state index contributed by atoms with van der Waals surface area (Å²) >= 11 is 1.40. The van der Waals surface area contributed by atoms with Crippen molar-refractivity contribution in [3.63, 3.8) is 0 Å². The molecule has 0 saturated heterocycles. The number of hydrogen-bond acceptors (Lipinski definition) is 6. The minimum Gasteiger partial charge on any atom is -0.488 e. The minimum absolute atomic E-state index is 0.203. The number of nitrogens with one attached hydrogen (secondary N) is 1. The fourth-order valence-electron chi connectivity index (χ4n) is 2.95. The van der Waals surface area contributed by atoms with Crippen molar-refractivity contribution in [2.45, 2.75) is 13.0 Å². The molecule has 7 heteroatoms. The first-order valence-corrected chi connectivity index (χ1v) is 10.2. The van der Waals surface area contributed by atoms with Crippen LogP contribution in [-0.2, 0) is 17.8 Å². The lowest BCUT2D eigenvalue weighted by Crippen LogP contribution is -2.19. The van der Waals surface area contributed by atoms with Crippen LogP contribution in [0, 0.1) is 0 Å². The Kier molecular flexibility index (Phi) is 6.01. The molecule has 0 radical (unpaired) electrons. The molecule has 3 N–H and O–H groups in total. The third-order valence-electron chi connectivity index (χ3n) is 4.38. The second-order valence-electron chi connectivity index (χ2n) is 6.64. The average Bonchev–Trinajstić information content (AvgIpc) is 3.13. The largest absolute Gasteiger partial charge is 0.488 e. The van der Waals surface area contributed by atoms with E-state index in [1.165, 1.54) is 11.3 Å². The van der Waals surface area contributed by atoms with E-state index in [9.17, 15) is 4.79 Å². The fraction of sp³-hybridized carbons (Fsp3) is 0.0870. The van der Waals surface area contributed by atoms with Crippen LogP contribution in [0.15, 0.2) is 77.9 Å². The highest BCUT2D eigenvalue weighted by atomic mass is 32.1. The molecule has 4 rings (SSSR count). The fourth-order valence-corrected chi connectivity index (χ4v) is 3.75. The molecule has 0 fully saturated rings. The quantitative estimate of drug-likeness (QED) is 0.350. The first kappa shape index (κ1) is 19.6. The lowest BCUT2D eigenvalue weighted by atomic mass is 10.1. The number of amides is 1. The standard InChI is InChI=1S/C23H20N4O2S/c24-23-26-19-11-10-17(12-21(19)30-23)13-22(28)27-25-14-18-8-4-5-9-20(18)29-15-16-6-2-1-3-7-16/h1-12,14H,13,15H2,(H2,24,26)(H,27,28)/b25-14-. The zero-order chi connectivity index (χ0) is 20.8. The number of nitrogen functional groups attached to an aromatic ring is 1. The van der Waals surface area contributed by atoms with Crippen LogP contribution in [0.1, 0.15) is 16.7 Å². The van der Waals surface area contributed by atoms with Crippen LogP contribution in [0.25, 0.3) is 10.2 Å². The van der Waals surface area contributed by atoms with E-state index in [0.29, 0.717) is 17.5 Å². The molecule has 1 amide bonds. The van der Waals surface area contributed by atoms with Gasteiger partial charge in [0.1, 0.15) is 12.4 Å². The van der Waals surface area contributed by atoms with Gasteiger partial charge in [-0.3, -0.25) is 4.79 Å². The third-order valence-corrected chi connectivity index (χ3v) is 5.23. The average molecular weight is 417 g/mol. The molecule has 30 heavy (non-hydrogen) atoms. The Morgan fingerprint density at radius 2 is 1.87 bits per heavy atom. The van der Waals surface area contributed by atoms with Crippen molar-refractivity contribution in [3.8, 4) is 5.75 Å². The van der Waals surface area contributed by atoms with Crippen LogP contribution < -0.4 is 15.9 Å². The highest BCUT2D eigenvalue weighted by molar-refractivity contribution is 7.22. The number of ether oxygens (including phenoxy) is 1. The van der Waals surface area contributed by atoms with E-state index in [4.69, 9.17) is 10.5 Å². The van der Waals surface area contributed by atoms with Gasteiger partial charge < -0.3 is 10.5 Å². The molecule has 4 aromatic rings. The molecular weight excluding hydrogens is 396 g/mol. The van der Waals surface area contributed by atoms with Gasteiger partial charge >= 0.3 is 0 Å². The predicted octanol–water partition coefficient (Wildman–Crippen LogP) is 4.15. The number of thiazole rings is 1. The summed E-state index contributed by atoms with van der Waals surface area (Å²) in [5.74, 6) is 0.498. The summed E-state index contributed by atoms with van der Waals surface area (Å²) in [7, 11) is 0. The highest BCUT2D eigenvalue weighted by Crippen LogP contribution is 2.24. The van der Waals surface area contributed by atoms with Gasteiger partial charge in [0.05, 0.1) is 22.9 Å². The minimum atomic E-state index is -0.203. The number of hydrazone groups is 1. The maximum atomic E-state index is 12.2. The lowest BCUT2D eigenvalue weighted by molar-refractivity contribution is -0.120. The van der Waals surface area contributed by atoms with E-state index in [2.05, 4.69) is 15.5 Å². The first-order chi connectivity index (χ1) is 14.7. The monoisotopic (exact) mass is 416 g/mol. The van der Waals surface area contributed by atoms with Crippen LogP contribution in [0.4, 0.5) is 5.13 Å². The van der Waals surface area contributed by atoms with Crippen molar-refractivity contribution in [2.75, 3.05) is 5.73 Å². The number of nitrogens with two attached hydrogens (primary N) is 1. The number of carbonyl (C=O) groups is 1. The van der Waals surface area contributed by atoms with Crippen LogP contribution in [0.5, 0.6) is 5.75 Å². The van der Waals surface area contributed by atoms with E-state index in [1.807, 2.05) is 72.8 Å². The Morgan fingerprint density at radius 1 is 1.07 bits per heavy atom. The van der Waals surface area contributed by atoms with Gasteiger partial charge in [0.15, 0.2) is 5.13 Å². The van der Waals surface area contributed by atoms with Gasteiger partial charge in [-0.15, -0.1) is 0 Å². The van der Waals surface area contributed by atoms with Gasteiger partial charge in [-0.25, -0.2) is 10.4 Å². The summed E-state index contributed by atoms with van der Waals surface area (Å²) < 4.78 is 6.86. The van der Waals surface area contributed by atoms with Gasteiger partial charge in [0.2, 0.25) is 5.91 Å². The smallest absolute Gasteiger partial charge is 0.244 e. The molecule has 0 aliphatic rings. The number of aromatic nitrogens is 1. The molecule has 0 aliphatic heterocycles. The molecule has 0 atom stereocenters. The van der Waals surface area contributed by atoms with E-state index in [-0.39, 0.29) is 12.3 Å². The SMILES string of the molecule is Nc1nc2ccc(CC(=O)N/N=C\c3ccccc3OCc3ccccc3)cc2s1. The van der Waals surface area contributed by atoms with Crippen molar-refractivity contribution in [3.05, 3.63) is 89.5 Å². The summed E-state index contributed by atoms with van der Waals surface area (Å²) in [6.45, 7) is 0.461. The number of hydrogen-bond donors (Lipinski definition) is 2. The van der Waals surface area contributed by atoms with Crippen LogP contribution >= 0.6 is 11.3 Å². The summed E-state index contributed by atoms with van der Waals surface area (Å²) in [6.07, 6.45) is 1.81. The van der Waals surface area contributed by atoms with Gasteiger partial charge in [0.25, 0.3) is 0 Å². The van der Waals surface area contributed by atoms with Crippen LogP contribution in [0.2, 0.25) is 0 Å². The second-order valence-corrected chi connectivity index (χ2v) is 7.70. The Bertz CT molecular complexity index is 1190. The van der Waals surface area contributed by atoms with Crippen molar-refractivity contribution < 1.29 is 9.53 Å². The first-order valence-electron chi connectivity index (χ1n) is 9.40. The van der Waals surface area contributed by atoms with Crippen molar-refractivity contribution >= 4 is 38.8 Å².